The first kappa shape index (κ1) is 13.8. The van der Waals surface area contributed by atoms with Gasteiger partial charge in [-0.05, 0) is 25.2 Å². The Morgan fingerprint density at radius 2 is 1.90 bits per heavy atom. The van der Waals surface area contributed by atoms with E-state index in [4.69, 9.17) is 9.47 Å². The summed E-state index contributed by atoms with van der Waals surface area (Å²) in [5.74, 6) is 0.0915. The summed E-state index contributed by atoms with van der Waals surface area (Å²) in [6, 6.07) is 10.4. The van der Waals surface area contributed by atoms with Gasteiger partial charge in [-0.1, -0.05) is 18.2 Å². The number of para-hydroxylation sites is 2. The normalized spacial score (nSPS) is 18.3. The molecular formula is C16H15F2NO2. The van der Waals surface area contributed by atoms with Crippen molar-refractivity contribution in [3.8, 4) is 11.5 Å². The van der Waals surface area contributed by atoms with Gasteiger partial charge in [-0.25, -0.2) is 8.78 Å². The fraction of sp³-hybridized carbons (Fsp3) is 0.250. The molecule has 0 aliphatic carbocycles. The van der Waals surface area contributed by atoms with E-state index in [9.17, 15) is 8.78 Å². The molecule has 2 aromatic rings. The third kappa shape index (κ3) is 2.69. The first-order chi connectivity index (χ1) is 10.2. The topological polar surface area (TPSA) is 30.5 Å². The maximum absolute atomic E-state index is 14.0. The predicted octanol–water partition coefficient (Wildman–Crippen LogP) is 3.07. The zero-order valence-electron chi connectivity index (χ0n) is 11.5. The van der Waals surface area contributed by atoms with Crippen molar-refractivity contribution in [3.63, 3.8) is 0 Å². The number of rotatable bonds is 3. The lowest BCUT2D eigenvalue weighted by Crippen LogP contribution is -2.40. The summed E-state index contributed by atoms with van der Waals surface area (Å²) in [5.41, 5.74) is 0.354. The monoisotopic (exact) mass is 291 g/mol. The van der Waals surface area contributed by atoms with Crippen molar-refractivity contribution in [2.75, 3.05) is 13.7 Å². The Labute approximate surface area is 121 Å². The summed E-state index contributed by atoms with van der Waals surface area (Å²) in [6.07, 6.45) is -0.398. The molecule has 0 saturated heterocycles. The number of likely N-dealkylation sites (N-methyl/N-ethyl adjacent to an activating group) is 1. The molecular weight excluding hydrogens is 276 g/mol. The molecule has 3 nitrogen and oxygen atoms in total. The molecule has 0 fully saturated rings. The van der Waals surface area contributed by atoms with E-state index < -0.39 is 23.8 Å². The maximum Gasteiger partial charge on any atom is 0.161 e. The fourth-order valence-corrected chi connectivity index (χ4v) is 2.50. The molecule has 2 aromatic carbocycles. The lowest BCUT2D eigenvalue weighted by Gasteiger charge is -2.32. The minimum atomic E-state index is -0.600. The van der Waals surface area contributed by atoms with Crippen LogP contribution in [0.1, 0.15) is 11.6 Å². The number of fused-ring (bicyclic) bond motifs is 1. The number of benzene rings is 2. The fourth-order valence-electron chi connectivity index (χ4n) is 2.50. The van der Waals surface area contributed by atoms with Crippen LogP contribution < -0.4 is 14.8 Å². The van der Waals surface area contributed by atoms with Gasteiger partial charge in [0, 0.05) is 11.6 Å². The molecule has 5 heteroatoms. The van der Waals surface area contributed by atoms with Gasteiger partial charge in [0.1, 0.15) is 18.2 Å². The highest BCUT2D eigenvalue weighted by Gasteiger charge is 2.30. The summed E-state index contributed by atoms with van der Waals surface area (Å²) < 4.78 is 38.5. The molecule has 1 aliphatic rings. The van der Waals surface area contributed by atoms with Crippen LogP contribution in [0.2, 0.25) is 0 Å². The smallest absolute Gasteiger partial charge is 0.161 e. The van der Waals surface area contributed by atoms with Gasteiger partial charge in [-0.3, -0.25) is 0 Å². The van der Waals surface area contributed by atoms with E-state index in [1.54, 1.807) is 13.1 Å². The molecule has 0 aromatic heterocycles. The summed E-state index contributed by atoms with van der Waals surface area (Å²) in [5, 5.41) is 3.01. The molecule has 0 spiro atoms. The van der Waals surface area contributed by atoms with E-state index in [2.05, 4.69) is 5.32 Å². The van der Waals surface area contributed by atoms with Gasteiger partial charge >= 0.3 is 0 Å². The molecule has 2 atom stereocenters. The lowest BCUT2D eigenvalue weighted by molar-refractivity contribution is 0.0628. The van der Waals surface area contributed by atoms with Gasteiger partial charge in [0.2, 0.25) is 0 Å². The maximum atomic E-state index is 14.0. The van der Waals surface area contributed by atoms with E-state index in [1.807, 2.05) is 18.2 Å². The van der Waals surface area contributed by atoms with Crippen molar-refractivity contribution >= 4 is 0 Å². The summed E-state index contributed by atoms with van der Waals surface area (Å²) in [7, 11) is 1.71. The molecule has 0 bridgehead atoms. The zero-order valence-corrected chi connectivity index (χ0v) is 11.5. The number of hydrogen-bond acceptors (Lipinski definition) is 3. The molecule has 2 unspecified atom stereocenters. The third-order valence-electron chi connectivity index (χ3n) is 3.51. The SMILES string of the molecule is CNC(c1ccc(F)cc1F)C1COc2ccccc2O1. The lowest BCUT2D eigenvalue weighted by atomic mass is 10.0. The van der Waals surface area contributed by atoms with Crippen LogP contribution in [-0.2, 0) is 0 Å². The molecule has 0 amide bonds. The second kappa shape index (κ2) is 5.69. The van der Waals surface area contributed by atoms with Crippen LogP contribution in [-0.4, -0.2) is 19.8 Å². The second-order valence-electron chi connectivity index (χ2n) is 4.85. The Hall–Kier alpha value is -2.14. The second-order valence-corrected chi connectivity index (χ2v) is 4.85. The Balaban J connectivity index is 1.88. The molecule has 1 aliphatic heterocycles. The van der Waals surface area contributed by atoms with Crippen LogP contribution in [0.3, 0.4) is 0 Å². The quantitative estimate of drug-likeness (QED) is 0.942. The van der Waals surface area contributed by atoms with Crippen molar-refractivity contribution in [1.82, 2.24) is 5.32 Å². The zero-order chi connectivity index (χ0) is 14.8. The molecule has 1 N–H and O–H groups in total. The first-order valence-corrected chi connectivity index (χ1v) is 6.69. The van der Waals surface area contributed by atoms with Gasteiger partial charge in [0.25, 0.3) is 0 Å². The van der Waals surface area contributed by atoms with Crippen molar-refractivity contribution in [3.05, 3.63) is 59.7 Å². The predicted molar refractivity (Wildman–Crippen MR) is 74.5 cm³/mol. The van der Waals surface area contributed by atoms with Crippen molar-refractivity contribution < 1.29 is 18.3 Å². The van der Waals surface area contributed by atoms with Gasteiger partial charge < -0.3 is 14.8 Å². The molecule has 0 saturated carbocycles. The first-order valence-electron chi connectivity index (χ1n) is 6.69. The highest BCUT2D eigenvalue weighted by atomic mass is 19.1. The van der Waals surface area contributed by atoms with E-state index in [-0.39, 0.29) is 0 Å². The summed E-state index contributed by atoms with van der Waals surface area (Å²) in [6.45, 7) is 0.291. The van der Waals surface area contributed by atoms with E-state index >= 15 is 0 Å². The standard InChI is InChI=1S/C16H15F2NO2/c1-19-16(11-7-6-10(17)8-12(11)18)15-9-20-13-4-2-3-5-14(13)21-15/h2-8,15-16,19H,9H2,1H3. The average molecular weight is 291 g/mol. The van der Waals surface area contributed by atoms with Crippen LogP contribution in [0.15, 0.2) is 42.5 Å². The van der Waals surface area contributed by atoms with Gasteiger partial charge in [0.15, 0.2) is 17.6 Å². The van der Waals surface area contributed by atoms with Crippen LogP contribution >= 0.6 is 0 Å². The van der Waals surface area contributed by atoms with Crippen LogP contribution in [0.5, 0.6) is 11.5 Å². The number of hydrogen-bond donors (Lipinski definition) is 1. The largest absolute Gasteiger partial charge is 0.486 e. The van der Waals surface area contributed by atoms with Crippen LogP contribution in [0.4, 0.5) is 8.78 Å². The minimum Gasteiger partial charge on any atom is -0.486 e. The molecule has 1 heterocycles. The van der Waals surface area contributed by atoms with E-state index in [0.29, 0.717) is 23.7 Å². The van der Waals surface area contributed by atoms with Gasteiger partial charge in [-0.2, -0.15) is 0 Å². The molecule has 110 valence electrons. The number of ether oxygens (including phenoxy) is 2. The van der Waals surface area contributed by atoms with E-state index in [1.165, 1.54) is 12.1 Å². The Morgan fingerprint density at radius 1 is 1.14 bits per heavy atom. The van der Waals surface area contributed by atoms with Crippen molar-refractivity contribution in [2.24, 2.45) is 0 Å². The van der Waals surface area contributed by atoms with Gasteiger partial charge in [0.05, 0.1) is 6.04 Å². The minimum absolute atomic E-state index is 0.291. The number of halogens is 2. The highest BCUT2D eigenvalue weighted by Crippen LogP contribution is 2.34. The average Bonchev–Trinajstić information content (AvgIpc) is 2.50. The number of nitrogens with one attached hydrogen (secondary N) is 1. The van der Waals surface area contributed by atoms with Crippen molar-refractivity contribution in [1.29, 1.82) is 0 Å². The molecule has 21 heavy (non-hydrogen) atoms. The summed E-state index contributed by atoms with van der Waals surface area (Å²) in [4.78, 5) is 0. The van der Waals surface area contributed by atoms with Crippen molar-refractivity contribution in [2.45, 2.75) is 12.1 Å². The van der Waals surface area contributed by atoms with E-state index in [0.717, 1.165) is 6.07 Å². The summed E-state index contributed by atoms with van der Waals surface area (Å²) >= 11 is 0. The van der Waals surface area contributed by atoms with Crippen LogP contribution in [0.25, 0.3) is 0 Å². The van der Waals surface area contributed by atoms with Gasteiger partial charge in [-0.15, -0.1) is 0 Å². The highest BCUT2D eigenvalue weighted by molar-refractivity contribution is 5.41. The molecule has 3 rings (SSSR count). The Kier molecular flexibility index (Phi) is 3.75. The van der Waals surface area contributed by atoms with Crippen LogP contribution in [0, 0.1) is 11.6 Å². The Morgan fingerprint density at radius 3 is 2.62 bits per heavy atom. The Bertz CT molecular complexity index is 648. The third-order valence-corrected chi connectivity index (χ3v) is 3.51. The molecule has 0 radical (unpaired) electrons.